The Labute approximate surface area is 74.7 Å². The topological polar surface area (TPSA) is 63.3 Å². The van der Waals surface area contributed by atoms with Crippen LogP contribution in [0, 0.1) is 0 Å². The molecule has 0 amide bonds. The van der Waals surface area contributed by atoms with Gasteiger partial charge in [0, 0.05) is 0 Å². The Balaban J connectivity index is 2.87. The molecular weight excluding hydrogens is 174 g/mol. The minimum absolute atomic E-state index is 0.0107. The van der Waals surface area contributed by atoms with Crippen LogP contribution in [0.1, 0.15) is 10.4 Å². The maximum Gasteiger partial charge on any atom is 0.177 e. The third-order valence-electron chi connectivity index (χ3n) is 1.42. The lowest BCUT2D eigenvalue weighted by Gasteiger charge is -2.00. The van der Waals surface area contributed by atoms with Crippen molar-refractivity contribution in [1.29, 1.82) is 0 Å². The fourth-order valence-corrected chi connectivity index (χ4v) is 1.17. The van der Waals surface area contributed by atoms with E-state index in [1.165, 1.54) is 6.07 Å². The fraction of sp³-hybridized carbons (Fsp3) is 0.125. The van der Waals surface area contributed by atoms with E-state index < -0.39 is 0 Å². The molecule has 3 N–H and O–H groups in total. The summed E-state index contributed by atoms with van der Waals surface area (Å²) in [4.78, 5) is 11.2. The van der Waals surface area contributed by atoms with Crippen LogP contribution in [-0.2, 0) is 0 Å². The summed E-state index contributed by atoms with van der Waals surface area (Å²) in [6.45, 7) is 0. The Bertz CT molecular complexity index is 288. The molecule has 0 atom stereocenters. The van der Waals surface area contributed by atoms with E-state index in [4.69, 9.17) is 5.14 Å². The van der Waals surface area contributed by atoms with Gasteiger partial charge in [-0.05, 0) is 12.1 Å². The van der Waals surface area contributed by atoms with Gasteiger partial charge < -0.3 is 5.11 Å². The number of rotatable bonds is 3. The Hall–Kier alpha value is -1.00. The van der Waals surface area contributed by atoms with Gasteiger partial charge in [-0.3, -0.25) is 9.93 Å². The summed E-state index contributed by atoms with van der Waals surface area (Å²) in [5, 5.41) is 14.4. The first-order valence-corrected chi connectivity index (χ1v) is 4.43. The molecule has 0 saturated heterocycles. The van der Waals surface area contributed by atoms with Gasteiger partial charge in [0.15, 0.2) is 5.78 Å². The number of carbonyl (C=O) groups excluding carboxylic acids is 1. The minimum atomic E-state index is -0.152. The number of nitrogens with two attached hydrogens (primary N) is 1. The Morgan fingerprint density at radius 1 is 1.50 bits per heavy atom. The monoisotopic (exact) mass is 183 g/mol. The van der Waals surface area contributed by atoms with Gasteiger partial charge in [0.2, 0.25) is 0 Å². The van der Waals surface area contributed by atoms with Gasteiger partial charge in [0.1, 0.15) is 5.75 Å². The molecule has 3 nitrogen and oxygen atoms in total. The predicted octanol–water partition coefficient (Wildman–Crippen LogP) is 1.18. The van der Waals surface area contributed by atoms with E-state index in [0.29, 0.717) is 5.56 Å². The SMILES string of the molecule is NSCC(=O)c1ccccc1O. The van der Waals surface area contributed by atoms with Crippen LogP contribution in [-0.4, -0.2) is 16.6 Å². The van der Waals surface area contributed by atoms with Crippen molar-refractivity contribution in [3.05, 3.63) is 29.8 Å². The van der Waals surface area contributed by atoms with Gasteiger partial charge in [-0.25, -0.2) is 0 Å². The Kier molecular flexibility index (Phi) is 3.13. The average Bonchev–Trinajstić information content (AvgIpc) is 2.05. The van der Waals surface area contributed by atoms with Crippen molar-refractivity contribution in [2.24, 2.45) is 5.14 Å². The quantitative estimate of drug-likeness (QED) is 0.545. The van der Waals surface area contributed by atoms with E-state index in [1.807, 2.05) is 0 Å². The highest BCUT2D eigenvalue weighted by atomic mass is 32.2. The number of para-hydroxylation sites is 1. The molecule has 0 unspecified atom stereocenters. The van der Waals surface area contributed by atoms with Gasteiger partial charge in [-0.2, -0.15) is 0 Å². The third-order valence-corrected chi connectivity index (χ3v) is 1.85. The molecule has 1 rings (SSSR count). The molecule has 1 aromatic carbocycles. The molecule has 1 aromatic rings. The molecule has 0 saturated carbocycles. The highest BCUT2D eigenvalue weighted by molar-refractivity contribution is 7.97. The second-order valence-corrected chi connectivity index (χ2v) is 2.87. The summed E-state index contributed by atoms with van der Waals surface area (Å²) < 4.78 is 0. The number of hydrogen-bond acceptors (Lipinski definition) is 4. The summed E-state index contributed by atoms with van der Waals surface area (Å²) in [5.41, 5.74) is 0.329. The molecule has 64 valence electrons. The van der Waals surface area contributed by atoms with Crippen molar-refractivity contribution >= 4 is 17.7 Å². The maximum atomic E-state index is 11.2. The van der Waals surface area contributed by atoms with Gasteiger partial charge in [0.05, 0.1) is 11.3 Å². The van der Waals surface area contributed by atoms with Crippen molar-refractivity contribution in [2.75, 3.05) is 5.75 Å². The van der Waals surface area contributed by atoms with Crippen LogP contribution < -0.4 is 5.14 Å². The van der Waals surface area contributed by atoms with Gasteiger partial charge in [-0.15, -0.1) is 0 Å². The number of phenolic OH excluding ortho intramolecular Hbond substituents is 1. The van der Waals surface area contributed by atoms with Crippen molar-refractivity contribution in [3.8, 4) is 5.75 Å². The molecule has 0 aromatic heterocycles. The first-order chi connectivity index (χ1) is 5.75. The standard InChI is InChI=1S/C8H9NO2S/c9-12-5-8(11)6-3-1-2-4-7(6)10/h1-4,10H,5,9H2. The molecule has 0 aliphatic heterocycles. The van der Waals surface area contributed by atoms with Crippen molar-refractivity contribution in [3.63, 3.8) is 0 Å². The number of benzene rings is 1. The van der Waals surface area contributed by atoms with Crippen molar-refractivity contribution in [2.45, 2.75) is 0 Å². The molecule has 0 fully saturated rings. The zero-order valence-electron chi connectivity index (χ0n) is 6.36. The summed E-state index contributed by atoms with van der Waals surface area (Å²) in [6, 6.07) is 6.43. The van der Waals surface area contributed by atoms with Crippen LogP contribution in [0.25, 0.3) is 0 Å². The summed E-state index contributed by atoms with van der Waals surface area (Å²) >= 11 is 0.953. The number of Topliss-reactive ketones (excluding diaryl/α,β-unsaturated/α-hetero) is 1. The summed E-state index contributed by atoms with van der Waals surface area (Å²) in [5.74, 6) is 0.0505. The fourth-order valence-electron chi connectivity index (χ4n) is 0.863. The first-order valence-electron chi connectivity index (χ1n) is 3.38. The molecule has 0 spiro atoms. The summed E-state index contributed by atoms with van der Waals surface area (Å²) in [6.07, 6.45) is 0. The van der Waals surface area contributed by atoms with E-state index in [9.17, 15) is 9.90 Å². The molecule has 0 bridgehead atoms. The van der Waals surface area contributed by atoms with Crippen LogP contribution in [0.5, 0.6) is 5.75 Å². The molecule has 0 heterocycles. The van der Waals surface area contributed by atoms with Gasteiger partial charge >= 0.3 is 0 Å². The molecule has 0 aliphatic rings. The number of hydrogen-bond donors (Lipinski definition) is 2. The second-order valence-electron chi connectivity index (χ2n) is 2.25. The van der Waals surface area contributed by atoms with E-state index in [0.717, 1.165) is 11.9 Å². The van der Waals surface area contributed by atoms with E-state index in [1.54, 1.807) is 18.2 Å². The number of carbonyl (C=O) groups is 1. The van der Waals surface area contributed by atoms with E-state index >= 15 is 0 Å². The summed E-state index contributed by atoms with van der Waals surface area (Å²) in [7, 11) is 0. The zero-order valence-corrected chi connectivity index (χ0v) is 7.17. The minimum Gasteiger partial charge on any atom is -0.507 e. The van der Waals surface area contributed by atoms with Gasteiger partial charge in [0.25, 0.3) is 0 Å². The smallest absolute Gasteiger partial charge is 0.177 e. The highest BCUT2D eigenvalue weighted by Gasteiger charge is 2.08. The molecule has 4 heteroatoms. The second kappa shape index (κ2) is 4.13. The molecule has 12 heavy (non-hydrogen) atoms. The van der Waals surface area contributed by atoms with Crippen molar-refractivity contribution < 1.29 is 9.90 Å². The van der Waals surface area contributed by atoms with Crippen LogP contribution in [0.3, 0.4) is 0 Å². The zero-order chi connectivity index (χ0) is 8.97. The lowest BCUT2D eigenvalue weighted by molar-refractivity contribution is 0.102. The number of aromatic hydroxyl groups is 1. The van der Waals surface area contributed by atoms with Crippen molar-refractivity contribution in [1.82, 2.24) is 0 Å². The normalized spacial score (nSPS) is 9.75. The third kappa shape index (κ3) is 1.99. The maximum absolute atomic E-state index is 11.2. The largest absolute Gasteiger partial charge is 0.507 e. The molecule has 0 radical (unpaired) electrons. The highest BCUT2D eigenvalue weighted by Crippen LogP contribution is 2.16. The van der Waals surface area contributed by atoms with Crippen LogP contribution in [0.2, 0.25) is 0 Å². The Morgan fingerprint density at radius 2 is 2.17 bits per heavy atom. The van der Waals surface area contributed by atoms with E-state index in [-0.39, 0.29) is 17.3 Å². The lowest BCUT2D eigenvalue weighted by Crippen LogP contribution is -2.04. The molecular formula is C8H9NO2S. The average molecular weight is 183 g/mol. The predicted molar refractivity (Wildman–Crippen MR) is 49.1 cm³/mol. The van der Waals surface area contributed by atoms with Crippen LogP contribution in [0.4, 0.5) is 0 Å². The van der Waals surface area contributed by atoms with E-state index in [2.05, 4.69) is 0 Å². The number of ketones is 1. The molecule has 0 aliphatic carbocycles. The van der Waals surface area contributed by atoms with Crippen LogP contribution >= 0.6 is 11.9 Å². The lowest BCUT2D eigenvalue weighted by atomic mass is 10.1. The van der Waals surface area contributed by atoms with Gasteiger partial charge in [-0.1, -0.05) is 24.1 Å². The van der Waals surface area contributed by atoms with Crippen LogP contribution in [0.15, 0.2) is 24.3 Å². The Morgan fingerprint density at radius 3 is 2.75 bits per heavy atom. The first kappa shape index (κ1) is 9.09. The number of phenols is 1.